The van der Waals surface area contributed by atoms with E-state index in [1.807, 2.05) is 48.7 Å². The van der Waals surface area contributed by atoms with E-state index in [0.29, 0.717) is 29.7 Å². The second-order valence-electron chi connectivity index (χ2n) is 7.06. The summed E-state index contributed by atoms with van der Waals surface area (Å²) in [6.45, 7) is 2.32. The van der Waals surface area contributed by atoms with Crippen LogP contribution in [0.5, 0.6) is 11.5 Å². The number of anilines is 1. The van der Waals surface area contributed by atoms with Gasteiger partial charge in [-0.05, 0) is 47.7 Å². The van der Waals surface area contributed by atoms with E-state index in [1.54, 1.807) is 26.6 Å². The number of amides is 1. The number of ether oxygens (including phenoxy) is 2. The van der Waals surface area contributed by atoms with E-state index in [-0.39, 0.29) is 11.9 Å². The molecule has 3 heterocycles. The van der Waals surface area contributed by atoms with E-state index < -0.39 is 0 Å². The Morgan fingerprint density at radius 2 is 1.97 bits per heavy atom. The third-order valence-electron chi connectivity index (χ3n) is 4.95. The zero-order valence-electron chi connectivity index (χ0n) is 18.0. The molecule has 4 aromatic rings. The van der Waals surface area contributed by atoms with Crippen molar-refractivity contribution in [2.45, 2.75) is 19.5 Å². The molecule has 0 spiro atoms. The molecule has 2 N–H and O–H groups in total. The first-order valence-corrected chi connectivity index (χ1v) is 10.9. The number of nitrogens with one attached hydrogen (secondary N) is 2. The average Bonchev–Trinajstić information content (AvgIpc) is 3.31. The van der Waals surface area contributed by atoms with Crippen molar-refractivity contribution < 1.29 is 14.3 Å². The topological polar surface area (TPSA) is 98.3 Å². The molecule has 0 saturated heterocycles. The van der Waals surface area contributed by atoms with Crippen LogP contribution in [0.25, 0.3) is 10.2 Å². The monoisotopic (exact) mass is 449 g/mol. The lowest BCUT2D eigenvalue weighted by molar-refractivity contribution is 0.0948. The molecule has 0 bridgehead atoms. The number of aromatic nitrogens is 3. The first kappa shape index (κ1) is 21.5. The second-order valence-corrected chi connectivity index (χ2v) is 7.97. The van der Waals surface area contributed by atoms with E-state index in [1.165, 1.54) is 11.3 Å². The summed E-state index contributed by atoms with van der Waals surface area (Å²) in [4.78, 5) is 26.3. The average molecular weight is 450 g/mol. The maximum absolute atomic E-state index is 13.0. The Morgan fingerprint density at radius 3 is 2.72 bits per heavy atom. The smallest absolute Gasteiger partial charge is 0.271 e. The van der Waals surface area contributed by atoms with Crippen molar-refractivity contribution in [3.8, 4) is 11.5 Å². The number of hydrogen-bond acceptors (Lipinski definition) is 8. The largest absolute Gasteiger partial charge is 0.493 e. The molecule has 1 unspecified atom stereocenters. The van der Waals surface area contributed by atoms with E-state index in [4.69, 9.17) is 9.47 Å². The normalized spacial score (nSPS) is 11.7. The number of fused-ring (bicyclic) bond motifs is 1. The van der Waals surface area contributed by atoms with Crippen molar-refractivity contribution in [2.75, 3.05) is 19.5 Å². The highest BCUT2D eigenvalue weighted by Gasteiger charge is 2.18. The van der Waals surface area contributed by atoms with E-state index in [2.05, 4.69) is 25.6 Å². The van der Waals surface area contributed by atoms with Crippen LogP contribution >= 0.6 is 11.3 Å². The molecule has 0 fully saturated rings. The van der Waals surface area contributed by atoms with Gasteiger partial charge in [0.1, 0.15) is 0 Å². The fourth-order valence-corrected chi connectivity index (χ4v) is 4.07. The molecule has 1 amide bonds. The SMILES string of the molecule is COc1ccc(CNC(=O)c2nc(NC(C)c3cccnc3)nc3ccsc23)cc1OC. The van der Waals surface area contributed by atoms with Crippen molar-refractivity contribution in [2.24, 2.45) is 0 Å². The summed E-state index contributed by atoms with van der Waals surface area (Å²) in [5, 5.41) is 8.11. The summed E-state index contributed by atoms with van der Waals surface area (Å²) in [6, 6.07) is 11.2. The highest BCUT2D eigenvalue weighted by molar-refractivity contribution is 7.17. The Bertz CT molecular complexity index is 1230. The van der Waals surface area contributed by atoms with Crippen LogP contribution in [0.15, 0.2) is 54.2 Å². The number of hydrogen-bond donors (Lipinski definition) is 2. The minimum absolute atomic E-state index is 0.0672. The number of thiophene rings is 1. The Kier molecular flexibility index (Phi) is 6.46. The summed E-state index contributed by atoms with van der Waals surface area (Å²) in [6.07, 6.45) is 3.52. The lowest BCUT2D eigenvalue weighted by Crippen LogP contribution is -2.24. The van der Waals surface area contributed by atoms with Gasteiger partial charge in [0.05, 0.1) is 30.5 Å². The third kappa shape index (κ3) is 4.62. The first-order chi connectivity index (χ1) is 15.6. The highest BCUT2D eigenvalue weighted by Crippen LogP contribution is 2.28. The van der Waals surface area contributed by atoms with Crippen molar-refractivity contribution in [1.29, 1.82) is 0 Å². The van der Waals surface area contributed by atoms with Gasteiger partial charge in [0.2, 0.25) is 5.95 Å². The van der Waals surface area contributed by atoms with E-state index in [0.717, 1.165) is 21.3 Å². The predicted octanol–water partition coefficient (Wildman–Crippen LogP) is 4.21. The number of rotatable bonds is 8. The van der Waals surface area contributed by atoms with Gasteiger partial charge in [-0.3, -0.25) is 9.78 Å². The molecular weight excluding hydrogens is 426 g/mol. The molecule has 1 aromatic carbocycles. The number of carbonyl (C=O) groups is 1. The number of methoxy groups -OCH3 is 2. The summed E-state index contributed by atoms with van der Waals surface area (Å²) in [5.41, 5.74) is 2.95. The third-order valence-corrected chi connectivity index (χ3v) is 5.86. The van der Waals surface area contributed by atoms with Crippen molar-refractivity contribution in [3.63, 3.8) is 0 Å². The van der Waals surface area contributed by atoms with Crippen LogP contribution < -0.4 is 20.1 Å². The molecule has 0 saturated carbocycles. The molecule has 3 aromatic heterocycles. The molecule has 0 aliphatic carbocycles. The van der Waals surface area contributed by atoms with Crippen LogP contribution in [-0.4, -0.2) is 35.1 Å². The molecule has 164 valence electrons. The van der Waals surface area contributed by atoms with Crippen molar-refractivity contribution in [1.82, 2.24) is 20.3 Å². The quantitative estimate of drug-likeness (QED) is 0.416. The Morgan fingerprint density at radius 1 is 1.12 bits per heavy atom. The number of carbonyl (C=O) groups excluding carboxylic acids is 1. The van der Waals surface area contributed by atoms with Gasteiger partial charge in [0.15, 0.2) is 17.2 Å². The van der Waals surface area contributed by atoms with Gasteiger partial charge in [-0.25, -0.2) is 9.97 Å². The van der Waals surface area contributed by atoms with Crippen LogP contribution in [-0.2, 0) is 6.54 Å². The van der Waals surface area contributed by atoms with E-state index in [9.17, 15) is 4.79 Å². The fourth-order valence-electron chi connectivity index (χ4n) is 3.25. The number of pyridine rings is 1. The maximum atomic E-state index is 13.0. The fraction of sp³-hybridized carbons (Fsp3) is 0.217. The minimum atomic E-state index is -0.272. The Labute approximate surface area is 189 Å². The zero-order chi connectivity index (χ0) is 22.5. The lowest BCUT2D eigenvalue weighted by Gasteiger charge is -2.15. The summed E-state index contributed by atoms with van der Waals surface area (Å²) < 4.78 is 11.3. The number of nitrogens with zero attached hydrogens (tertiary/aromatic N) is 3. The maximum Gasteiger partial charge on any atom is 0.271 e. The van der Waals surface area contributed by atoms with Crippen LogP contribution in [0.3, 0.4) is 0 Å². The van der Waals surface area contributed by atoms with Crippen molar-refractivity contribution in [3.05, 3.63) is 71.0 Å². The number of benzene rings is 1. The molecular formula is C23H23N5O3S. The molecule has 0 aliphatic rings. The van der Waals surface area contributed by atoms with Gasteiger partial charge in [-0.1, -0.05) is 12.1 Å². The molecule has 1 atom stereocenters. The van der Waals surface area contributed by atoms with Crippen LogP contribution in [0.4, 0.5) is 5.95 Å². The van der Waals surface area contributed by atoms with Crippen LogP contribution in [0.2, 0.25) is 0 Å². The molecule has 9 heteroatoms. The van der Waals surface area contributed by atoms with Gasteiger partial charge in [0, 0.05) is 18.9 Å². The first-order valence-electron chi connectivity index (χ1n) is 10.00. The predicted molar refractivity (Wildman–Crippen MR) is 124 cm³/mol. The molecule has 8 nitrogen and oxygen atoms in total. The molecule has 4 rings (SSSR count). The standard InChI is InChI=1S/C23H23N5O3S/c1-14(16-5-4-9-24-13-16)26-23-27-17-8-10-32-21(17)20(28-23)22(29)25-12-15-6-7-18(30-2)19(11-15)31-3/h4-11,13-14H,12H2,1-3H3,(H,25,29)(H,26,27,28). The summed E-state index contributed by atoms with van der Waals surface area (Å²) in [7, 11) is 3.16. The zero-order valence-corrected chi connectivity index (χ0v) is 18.8. The molecule has 32 heavy (non-hydrogen) atoms. The Hall–Kier alpha value is -3.72. The van der Waals surface area contributed by atoms with E-state index >= 15 is 0 Å². The highest BCUT2D eigenvalue weighted by atomic mass is 32.1. The van der Waals surface area contributed by atoms with Crippen LogP contribution in [0.1, 0.15) is 34.6 Å². The van der Waals surface area contributed by atoms with Gasteiger partial charge in [0.25, 0.3) is 5.91 Å². The summed E-state index contributed by atoms with van der Waals surface area (Å²) >= 11 is 1.44. The minimum Gasteiger partial charge on any atom is -0.493 e. The lowest BCUT2D eigenvalue weighted by atomic mass is 10.1. The summed E-state index contributed by atoms with van der Waals surface area (Å²) in [5.74, 6) is 1.37. The van der Waals surface area contributed by atoms with Gasteiger partial charge in [-0.15, -0.1) is 11.3 Å². The van der Waals surface area contributed by atoms with Gasteiger partial charge < -0.3 is 20.1 Å². The molecule has 0 aliphatic heterocycles. The van der Waals surface area contributed by atoms with Gasteiger partial charge in [-0.2, -0.15) is 0 Å². The van der Waals surface area contributed by atoms with Crippen molar-refractivity contribution >= 4 is 33.4 Å². The van der Waals surface area contributed by atoms with Gasteiger partial charge >= 0.3 is 0 Å². The molecule has 0 radical (unpaired) electrons. The Balaban J connectivity index is 1.54. The van der Waals surface area contributed by atoms with Crippen LogP contribution in [0, 0.1) is 0 Å². The second kappa shape index (κ2) is 9.61.